The van der Waals surface area contributed by atoms with E-state index in [2.05, 4.69) is 0 Å². The molecule has 0 N–H and O–H groups in total. The molecule has 0 aromatic carbocycles. The number of methoxy groups -OCH3 is 1. The van der Waals surface area contributed by atoms with E-state index in [1.807, 2.05) is 0 Å². The third-order valence-electron chi connectivity index (χ3n) is 4.04. The van der Waals surface area contributed by atoms with Gasteiger partial charge in [0, 0.05) is 13.5 Å². The summed E-state index contributed by atoms with van der Waals surface area (Å²) < 4.78 is 9.97. The van der Waals surface area contributed by atoms with E-state index in [0.29, 0.717) is 12.8 Å². The third-order valence-corrected chi connectivity index (χ3v) is 4.04. The molecule has 0 amide bonds. The van der Waals surface area contributed by atoms with Gasteiger partial charge in [-0.2, -0.15) is 0 Å². The smallest absolute Gasteiger partial charge is 0.375 e. The molecule has 2 saturated carbocycles. The topological polar surface area (TPSA) is 69.7 Å². The van der Waals surface area contributed by atoms with Crippen molar-refractivity contribution in [1.82, 2.24) is 0 Å². The molecule has 0 heterocycles. The first-order valence-corrected chi connectivity index (χ1v) is 6.35. The van der Waals surface area contributed by atoms with Gasteiger partial charge < -0.3 is 9.47 Å². The summed E-state index contributed by atoms with van der Waals surface area (Å²) in [5, 5.41) is 0. The number of ether oxygens (including phenoxy) is 2. The Labute approximate surface area is 106 Å². The zero-order valence-electron chi connectivity index (χ0n) is 10.7. The zero-order chi connectivity index (χ0) is 13.3. The van der Waals surface area contributed by atoms with Crippen molar-refractivity contribution in [3.63, 3.8) is 0 Å². The molecule has 0 aromatic heterocycles. The summed E-state index contributed by atoms with van der Waals surface area (Å²) in [4.78, 5) is 35.3. The Morgan fingerprint density at radius 3 is 2.67 bits per heavy atom. The number of hydrogen-bond donors (Lipinski definition) is 0. The molecule has 5 nitrogen and oxygen atoms in total. The second-order valence-electron chi connectivity index (χ2n) is 4.99. The van der Waals surface area contributed by atoms with Crippen LogP contribution in [0.15, 0.2) is 0 Å². The summed E-state index contributed by atoms with van der Waals surface area (Å²) >= 11 is 0. The maximum atomic E-state index is 11.9. The lowest BCUT2D eigenvalue weighted by Crippen LogP contribution is -2.33. The van der Waals surface area contributed by atoms with Crippen LogP contribution < -0.4 is 0 Å². The molecule has 100 valence electrons. The Kier molecular flexibility index (Phi) is 3.80. The fraction of sp³-hybridized carbons (Fsp3) is 0.769. The molecule has 18 heavy (non-hydrogen) atoms. The van der Waals surface area contributed by atoms with Gasteiger partial charge in [-0.15, -0.1) is 0 Å². The van der Waals surface area contributed by atoms with Crippen LogP contribution in [0.5, 0.6) is 0 Å². The van der Waals surface area contributed by atoms with Crippen molar-refractivity contribution in [2.75, 3.05) is 13.7 Å². The standard InChI is InChI=1S/C13H18O5/c1-3-18-13(16)12(15)11-9-6-8(17-2)4-7(9)5-10(11)14/h7-9,11H,3-6H2,1-2H3/t7-,8-,9-,11?/m1/s1. The molecular formula is C13H18O5. The highest BCUT2D eigenvalue weighted by molar-refractivity contribution is 6.38. The Bertz CT molecular complexity index is 376. The van der Waals surface area contributed by atoms with Crippen LogP contribution >= 0.6 is 0 Å². The molecule has 4 atom stereocenters. The second-order valence-corrected chi connectivity index (χ2v) is 4.99. The molecule has 2 aliphatic rings. The number of Topliss-reactive ketones (excluding diaryl/α,β-unsaturated/α-hetero) is 2. The van der Waals surface area contributed by atoms with E-state index >= 15 is 0 Å². The summed E-state index contributed by atoms with van der Waals surface area (Å²) in [6.07, 6.45) is 1.98. The molecule has 2 aliphatic carbocycles. The summed E-state index contributed by atoms with van der Waals surface area (Å²) in [6.45, 7) is 1.79. The van der Waals surface area contributed by atoms with Gasteiger partial charge in [0.25, 0.3) is 5.78 Å². The number of carbonyl (C=O) groups is 3. The number of fused-ring (bicyclic) bond motifs is 1. The number of rotatable bonds is 4. The lowest BCUT2D eigenvalue weighted by atomic mass is 9.88. The number of ketones is 2. The highest BCUT2D eigenvalue weighted by Gasteiger charge is 2.52. The van der Waals surface area contributed by atoms with E-state index < -0.39 is 17.7 Å². The Balaban J connectivity index is 2.10. The molecular weight excluding hydrogens is 236 g/mol. The fourth-order valence-electron chi connectivity index (χ4n) is 3.23. The minimum atomic E-state index is -0.877. The van der Waals surface area contributed by atoms with Crippen LogP contribution in [0.25, 0.3) is 0 Å². The molecule has 0 spiro atoms. The molecule has 0 radical (unpaired) electrons. The van der Waals surface area contributed by atoms with Gasteiger partial charge in [0.2, 0.25) is 0 Å². The van der Waals surface area contributed by atoms with Crippen LogP contribution in [0, 0.1) is 17.8 Å². The molecule has 5 heteroatoms. The van der Waals surface area contributed by atoms with Crippen molar-refractivity contribution in [1.29, 1.82) is 0 Å². The van der Waals surface area contributed by atoms with Gasteiger partial charge >= 0.3 is 5.97 Å². The summed E-state index contributed by atoms with van der Waals surface area (Å²) in [6, 6.07) is 0. The van der Waals surface area contributed by atoms with E-state index in [4.69, 9.17) is 9.47 Å². The lowest BCUT2D eigenvalue weighted by Gasteiger charge is -2.15. The van der Waals surface area contributed by atoms with Crippen LogP contribution in [0.4, 0.5) is 0 Å². The van der Waals surface area contributed by atoms with Crippen molar-refractivity contribution in [3.05, 3.63) is 0 Å². The van der Waals surface area contributed by atoms with Gasteiger partial charge in [-0.1, -0.05) is 0 Å². The third kappa shape index (κ3) is 2.19. The average molecular weight is 254 g/mol. The molecule has 0 aliphatic heterocycles. The van der Waals surface area contributed by atoms with Crippen molar-refractivity contribution in [2.45, 2.75) is 32.3 Å². The Morgan fingerprint density at radius 1 is 1.33 bits per heavy atom. The zero-order valence-corrected chi connectivity index (χ0v) is 10.7. The van der Waals surface area contributed by atoms with Crippen LogP contribution in [-0.4, -0.2) is 37.4 Å². The van der Waals surface area contributed by atoms with E-state index in [1.165, 1.54) is 0 Å². The van der Waals surface area contributed by atoms with E-state index in [9.17, 15) is 14.4 Å². The van der Waals surface area contributed by atoms with Crippen molar-refractivity contribution in [2.24, 2.45) is 17.8 Å². The first kappa shape index (κ1) is 13.2. The number of esters is 1. The highest BCUT2D eigenvalue weighted by atomic mass is 16.5. The summed E-state index contributed by atoms with van der Waals surface area (Å²) in [7, 11) is 1.63. The van der Waals surface area contributed by atoms with Gasteiger partial charge in [-0.3, -0.25) is 9.59 Å². The van der Waals surface area contributed by atoms with Crippen LogP contribution in [-0.2, 0) is 23.9 Å². The van der Waals surface area contributed by atoms with Crippen molar-refractivity contribution >= 4 is 17.5 Å². The first-order chi connectivity index (χ1) is 8.58. The predicted octanol–water partition coefficient (Wildman–Crippen LogP) is 0.749. The highest BCUT2D eigenvalue weighted by Crippen LogP contribution is 2.47. The minimum Gasteiger partial charge on any atom is -0.460 e. The SMILES string of the molecule is CCOC(=O)C(=O)C1C(=O)C[C@H]2C[C@@H](OC)C[C@@H]12. The largest absolute Gasteiger partial charge is 0.460 e. The first-order valence-electron chi connectivity index (χ1n) is 6.35. The summed E-state index contributed by atoms with van der Waals surface area (Å²) in [5.74, 6) is -2.32. The second kappa shape index (κ2) is 5.18. The van der Waals surface area contributed by atoms with Gasteiger partial charge in [0.1, 0.15) is 5.78 Å². The summed E-state index contributed by atoms with van der Waals surface area (Å²) in [5.41, 5.74) is 0. The Morgan fingerprint density at radius 2 is 2.06 bits per heavy atom. The van der Waals surface area contributed by atoms with Crippen LogP contribution in [0.1, 0.15) is 26.2 Å². The maximum absolute atomic E-state index is 11.9. The normalized spacial score (nSPS) is 34.4. The quantitative estimate of drug-likeness (QED) is 0.420. The Hall–Kier alpha value is -1.23. The number of carbonyl (C=O) groups excluding carboxylic acids is 3. The lowest BCUT2D eigenvalue weighted by molar-refractivity contribution is -0.157. The van der Waals surface area contributed by atoms with E-state index in [0.717, 1.165) is 6.42 Å². The van der Waals surface area contributed by atoms with Crippen molar-refractivity contribution < 1.29 is 23.9 Å². The van der Waals surface area contributed by atoms with Gasteiger partial charge in [-0.25, -0.2) is 4.79 Å². The number of hydrogen-bond acceptors (Lipinski definition) is 5. The van der Waals surface area contributed by atoms with Crippen LogP contribution in [0.3, 0.4) is 0 Å². The van der Waals surface area contributed by atoms with Gasteiger partial charge in [-0.05, 0) is 31.6 Å². The van der Waals surface area contributed by atoms with Crippen LogP contribution in [0.2, 0.25) is 0 Å². The minimum absolute atomic E-state index is 0.0423. The van der Waals surface area contributed by atoms with E-state index in [1.54, 1.807) is 14.0 Å². The molecule has 0 bridgehead atoms. The van der Waals surface area contributed by atoms with E-state index in [-0.39, 0.29) is 30.3 Å². The van der Waals surface area contributed by atoms with Gasteiger partial charge in [0.15, 0.2) is 0 Å². The van der Waals surface area contributed by atoms with Gasteiger partial charge in [0.05, 0.1) is 18.6 Å². The molecule has 2 fully saturated rings. The maximum Gasteiger partial charge on any atom is 0.375 e. The molecule has 2 rings (SSSR count). The average Bonchev–Trinajstić information content (AvgIpc) is 2.84. The molecule has 1 unspecified atom stereocenters. The monoisotopic (exact) mass is 254 g/mol. The molecule has 0 aromatic rings. The predicted molar refractivity (Wildman–Crippen MR) is 61.8 cm³/mol. The molecule has 0 saturated heterocycles. The van der Waals surface area contributed by atoms with Crippen molar-refractivity contribution in [3.8, 4) is 0 Å². The fourth-order valence-corrected chi connectivity index (χ4v) is 3.23.